The van der Waals surface area contributed by atoms with Gasteiger partial charge in [-0.3, -0.25) is 10.1 Å². The number of aromatic nitrogens is 4. The number of nitrogens with zero attached hydrogens (tertiary/aromatic N) is 4. The standard InChI is InChI=1S/C9H8BrN5O/c1-15-9(12-5-13-15)14-8(16)6-2-3-7(10)11-4-6/h2-5H,1H3,(H,12,13,14,16). The van der Waals surface area contributed by atoms with Gasteiger partial charge < -0.3 is 0 Å². The van der Waals surface area contributed by atoms with Crippen LogP contribution in [0.15, 0.2) is 29.3 Å². The Balaban J connectivity index is 2.15. The van der Waals surface area contributed by atoms with Gasteiger partial charge in [-0.25, -0.2) is 9.67 Å². The molecule has 0 saturated carbocycles. The minimum Gasteiger partial charge on any atom is -0.291 e. The lowest BCUT2D eigenvalue weighted by atomic mass is 10.3. The van der Waals surface area contributed by atoms with Crippen LogP contribution in [-0.4, -0.2) is 25.7 Å². The molecule has 0 bridgehead atoms. The molecule has 2 aromatic heterocycles. The Kier molecular flexibility index (Phi) is 2.95. The van der Waals surface area contributed by atoms with Crippen LogP contribution in [0.5, 0.6) is 0 Å². The molecule has 6 nitrogen and oxygen atoms in total. The van der Waals surface area contributed by atoms with E-state index in [1.807, 2.05) is 0 Å². The maximum absolute atomic E-state index is 11.7. The summed E-state index contributed by atoms with van der Waals surface area (Å²) >= 11 is 3.20. The molecule has 0 aliphatic carbocycles. The number of pyridine rings is 1. The van der Waals surface area contributed by atoms with E-state index < -0.39 is 0 Å². The zero-order valence-corrected chi connectivity index (χ0v) is 9.97. The van der Waals surface area contributed by atoms with E-state index in [1.165, 1.54) is 17.2 Å². The summed E-state index contributed by atoms with van der Waals surface area (Å²) in [6, 6.07) is 3.37. The molecule has 2 rings (SSSR count). The van der Waals surface area contributed by atoms with Gasteiger partial charge in [0.2, 0.25) is 5.95 Å². The van der Waals surface area contributed by atoms with Crippen molar-refractivity contribution in [1.82, 2.24) is 19.7 Å². The lowest BCUT2D eigenvalue weighted by Crippen LogP contribution is -2.15. The molecular formula is C9H8BrN5O. The average Bonchev–Trinajstić information content (AvgIpc) is 2.65. The predicted molar refractivity (Wildman–Crippen MR) is 60.9 cm³/mol. The van der Waals surface area contributed by atoms with Crippen LogP contribution in [0.2, 0.25) is 0 Å². The molecule has 0 atom stereocenters. The van der Waals surface area contributed by atoms with Gasteiger partial charge in [0.05, 0.1) is 5.56 Å². The number of anilines is 1. The lowest BCUT2D eigenvalue weighted by molar-refractivity contribution is 0.102. The van der Waals surface area contributed by atoms with Crippen molar-refractivity contribution >= 4 is 27.8 Å². The van der Waals surface area contributed by atoms with Gasteiger partial charge in [0.15, 0.2) is 0 Å². The van der Waals surface area contributed by atoms with Gasteiger partial charge in [-0.05, 0) is 28.1 Å². The molecular weight excluding hydrogens is 274 g/mol. The molecule has 2 aromatic rings. The van der Waals surface area contributed by atoms with Crippen molar-refractivity contribution in [2.75, 3.05) is 5.32 Å². The number of carbonyl (C=O) groups excluding carboxylic acids is 1. The molecule has 0 aromatic carbocycles. The number of hydrogen-bond acceptors (Lipinski definition) is 4. The molecule has 82 valence electrons. The van der Waals surface area contributed by atoms with Crippen molar-refractivity contribution in [3.05, 3.63) is 34.8 Å². The highest BCUT2D eigenvalue weighted by Gasteiger charge is 2.09. The zero-order valence-electron chi connectivity index (χ0n) is 8.38. The number of aryl methyl sites for hydroxylation is 1. The van der Waals surface area contributed by atoms with Crippen LogP contribution in [0, 0.1) is 0 Å². The fourth-order valence-corrected chi connectivity index (χ4v) is 1.33. The topological polar surface area (TPSA) is 72.7 Å². The smallest absolute Gasteiger partial charge is 0.259 e. The van der Waals surface area contributed by atoms with E-state index in [-0.39, 0.29) is 5.91 Å². The highest BCUT2D eigenvalue weighted by atomic mass is 79.9. The van der Waals surface area contributed by atoms with Crippen LogP contribution in [0.25, 0.3) is 0 Å². The number of halogens is 1. The first-order valence-electron chi connectivity index (χ1n) is 4.44. The van der Waals surface area contributed by atoms with Crippen molar-refractivity contribution in [2.45, 2.75) is 0 Å². The van der Waals surface area contributed by atoms with Crippen LogP contribution in [0.3, 0.4) is 0 Å². The van der Waals surface area contributed by atoms with E-state index in [1.54, 1.807) is 19.2 Å². The van der Waals surface area contributed by atoms with Crippen LogP contribution < -0.4 is 5.32 Å². The lowest BCUT2D eigenvalue weighted by Gasteiger charge is -2.03. The maximum atomic E-state index is 11.7. The van der Waals surface area contributed by atoms with E-state index in [0.717, 1.165) is 0 Å². The summed E-state index contributed by atoms with van der Waals surface area (Å²) in [5.41, 5.74) is 0.464. The Morgan fingerprint density at radius 3 is 2.81 bits per heavy atom. The summed E-state index contributed by atoms with van der Waals surface area (Å²) in [7, 11) is 1.70. The molecule has 0 radical (unpaired) electrons. The number of amides is 1. The highest BCUT2D eigenvalue weighted by Crippen LogP contribution is 2.08. The average molecular weight is 282 g/mol. The summed E-state index contributed by atoms with van der Waals surface area (Å²) < 4.78 is 2.16. The molecule has 1 amide bonds. The number of nitrogens with one attached hydrogen (secondary N) is 1. The summed E-state index contributed by atoms with van der Waals surface area (Å²) in [6.45, 7) is 0. The maximum Gasteiger partial charge on any atom is 0.259 e. The number of carbonyl (C=O) groups is 1. The Bertz CT molecular complexity index is 507. The normalized spacial score (nSPS) is 10.1. The van der Waals surface area contributed by atoms with Crippen LogP contribution in [0.4, 0.5) is 5.95 Å². The molecule has 2 heterocycles. The van der Waals surface area contributed by atoms with Crippen LogP contribution in [0.1, 0.15) is 10.4 Å². The molecule has 16 heavy (non-hydrogen) atoms. The quantitative estimate of drug-likeness (QED) is 0.841. The molecule has 0 saturated heterocycles. The van der Waals surface area contributed by atoms with Gasteiger partial charge in [0, 0.05) is 13.2 Å². The second kappa shape index (κ2) is 4.40. The third kappa shape index (κ3) is 2.25. The zero-order chi connectivity index (χ0) is 11.5. The fourth-order valence-electron chi connectivity index (χ4n) is 1.09. The van der Waals surface area contributed by atoms with Crippen molar-refractivity contribution in [3.63, 3.8) is 0 Å². The van der Waals surface area contributed by atoms with E-state index >= 15 is 0 Å². The second-order valence-corrected chi connectivity index (χ2v) is 3.84. The van der Waals surface area contributed by atoms with Crippen molar-refractivity contribution < 1.29 is 4.79 Å². The van der Waals surface area contributed by atoms with Gasteiger partial charge in [0.1, 0.15) is 10.9 Å². The summed E-state index contributed by atoms with van der Waals surface area (Å²) in [6.07, 6.45) is 2.85. The van der Waals surface area contributed by atoms with E-state index in [9.17, 15) is 4.79 Å². The molecule has 0 unspecified atom stereocenters. The van der Waals surface area contributed by atoms with Gasteiger partial charge >= 0.3 is 0 Å². The van der Waals surface area contributed by atoms with Crippen molar-refractivity contribution in [3.8, 4) is 0 Å². The van der Waals surface area contributed by atoms with E-state index in [4.69, 9.17) is 0 Å². The SMILES string of the molecule is Cn1ncnc1NC(=O)c1ccc(Br)nc1. The van der Waals surface area contributed by atoms with Gasteiger partial charge in [0.25, 0.3) is 5.91 Å². The molecule has 0 aliphatic rings. The first kappa shape index (κ1) is 10.7. The summed E-state index contributed by atoms with van der Waals surface area (Å²) in [5.74, 6) is 0.129. The molecule has 0 fully saturated rings. The summed E-state index contributed by atoms with van der Waals surface area (Å²) in [5, 5.41) is 6.47. The summed E-state index contributed by atoms with van der Waals surface area (Å²) in [4.78, 5) is 19.6. The molecule has 7 heteroatoms. The first-order valence-corrected chi connectivity index (χ1v) is 5.23. The fraction of sp³-hybridized carbons (Fsp3) is 0.111. The van der Waals surface area contributed by atoms with Crippen molar-refractivity contribution in [2.24, 2.45) is 7.05 Å². The van der Waals surface area contributed by atoms with Crippen molar-refractivity contribution in [1.29, 1.82) is 0 Å². The number of hydrogen-bond donors (Lipinski definition) is 1. The van der Waals surface area contributed by atoms with E-state index in [0.29, 0.717) is 16.1 Å². The largest absolute Gasteiger partial charge is 0.291 e. The second-order valence-electron chi connectivity index (χ2n) is 3.03. The highest BCUT2D eigenvalue weighted by molar-refractivity contribution is 9.10. The Labute approximate surface area is 99.8 Å². The van der Waals surface area contributed by atoms with Gasteiger partial charge in [-0.1, -0.05) is 0 Å². The minimum absolute atomic E-state index is 0.267. The van der Waals surface area contributed by atoms with E-state index in [2.05, 4.69) is 36.3 Å². The Morgan fingerprint density at radius 2 is 2.25 bits per heavy atom. The third-order valence-electron chi connectivity index (χ3n) is 1.93. The predicted octanol–water partition coefficient (Wildman–Crippen LogP) is 1.22. The number of rotatable bonds is 2. The van der Waals surface area contributed by atoms with Crippen LogP contribution >= 0.6 is 15.9 Å². The minimum atomic E-state index is -0.267. The third-order valence-corrected chi connectivity index (χ3v) is 2.40. The first-order chi connectivity index (χ1) is 7.66. The molecule has 1 N–H and O–H groups in total. The van der Waals surface area contributed by atoms with Crippen LogP contribution in [-0.2, 0) is 7.05 Å². The monoisotopic (exact) mass is 281 g/mol. The Hall–Kier alpha value is -1.76. The Morgan fingerprint density at radius 1 is 1.44 bits per heavy atom. The van der Waals surface area contributed by atoms with Gasteiger partial charge in [-0.2, -0.15) is 10.1 Å². The molecule has 0 spiro atoms. The van der Waals surface area contributed by atoms with Gasteiger partial charge in [-0.15, -0.1) is 0 Å². The molecule has 0 aliphatic heterocycles.